The summed E-state index contributed by atoms with van der Waals surface area (Å²) in [4.78, 5) is 11.4. The van der Waals surface area contributed by atoms with Crippen LogP contribution in [-0.2, 0) is 11.3 Å². The number of hydrogen-bond donors (Lipinski definition) is 2. The van der Waals surface area contributed by atoms with Gasteiger partial charge in [0.05, 0.1) is 6.54 Å². The third kappa shape index (κ3) is 5.51. The molecule has 3 nitrogen and oxygen atoms in total. The number of amides is 1. The first-order chi connectivity index (χ1) is 8.76. The van der Waals surface area contributed by atoms with E-state index in [0.717, 1.165) is 24.0 Å². The second-order valence-electron chi connectivity index (χ2n) is 4.08. The summed E-state index contributed by atoms with van der Waals surface area (Å²) >= 11 is 0. The maximum atomic E-state index is 11.4. The molecule has 3 heteroatoms. The van der Waals surface area contributed by atoms with Crippen molar-refractivity contribution in [2.24, 2.45) is 5.73 Å². The molecule has 0 spiro atoms. The summed E-state index contributed by atoms with van der Waals surface area (Å²) in [5.41, 5.74) is 7.33. The van der Waals surface area contributed by atoms with Gasteiger partial charge in [-0.15, -0.1) is 0 Å². The summed E-state index contributed by atoms with van der Waals surface area (Å²) in [6.45, 7) is 3.02. The molecule has 0 aromatic heterocycles. The minimum Gasteiger partial charge on any atom is -0.352 e. The van der Waals surface area contributed by atoms with E-state index in [1.54, 1.807) is 0 Å². The lowest BCUT2D eigenvalue weighted by Crippen LogP contribution is -2.22. The van der Waals surface area contributed by atoms with E-state index in [9.17, 15) is 4.79 Å². The Morgan fingerprint density at radius 2 is 2.06 bits per heavy atom. The maximum absolute atomic E-state index is 11.4. The molecule has 0 aliphatic carbocycles. The van der Waals surface area contributed by atoms with Crippen molar-refractivity contribution in [2.75, 3.05) is 6.54 Å². The molecular weight excluding hydrogens is 224 g/mol. The van der Waals surface area contributed by atoms with Gasteiger partial charge in [0.25, 0.3) is 0 Å². The van der Waals surface area contributed by atoms with E-state index < -0.39 is 0 Å². The van der Waals surface area contributed by atoms with Crippen molar-refractivity contribution in [1.29, 1.82) is 0 Å². The van der Waals surface area contributed by atoms with E-state index in [4.69, 9.17) is 5.73 Å². The van der Waals surface area contributed by atoms with Gasteiger partial charge in [-0.2, -0.15) is 0 Å². The van der Waals surface area contributed by atoms with Crippen LogP contribution in [0.4, 0.5) is 0 Å². The summed E-state index contributed by atoms with van der Waals surface area (Å²) in [6.07, 6.45) is 2.60. The third-order valence-corrected chi connectivity index (χ3v) is 2.54. The fourth-order valence-electron chi connectivity index (χ4n) is 1.49. The molecule has 0 fully saturated rings. The van der Waals surface area contributed by atoms with Crippen molar-refractivity contribution in [3.05, 3.63) is 35.4 Å². The van der Waals surface area contributed by atoms with Crippen LogP contribution in [0.2, 0.25) is 0 Å². The van der Waals surface area contributed by atoms with Crippen molar-refractivity contribution in [2.45, 2.75) is 32.7 Å². The molecule has 1 rings (SSSR count). The lowest BCUT2D eigenvalue weighted by Gasteiger charge is -2.04. The topological polar surface area (TPSA) is 55.1 Å². The Balaban J connectivity index is 2.41. The zero-order chi connectivity index (χ0) is 13.2. The van der Waals surface area contributed by atoms with Gasteiger partial charge in [-0.3, -0.25) is 4.79 Å². The number of carbonyl (C=O) groups excluding carboxylic acids is 1. The molecule has 0 aliphatic heterocycles. The molecule has 0 saturated carbocycles. The summed E-state index contributed by atoms with van der Waals surface area (Å²) in [7, 11) is 0. The molecule has 3 N–H and O–H groups in total. The van der Waals surface area contributed by atoms with Crippen molar-refractivity contribution in [3.63, 3.8) is 0 Å². The summed E-state index contributed by atoms with van der Waals surface area (Å²) in [5.74, 6) is 5.88. The Morgan fingerprint density at radius 1 is 1.33 bits per heavy atom. The van der Waals surface area contributed by atoms with Gasteiger partial charge in [-0.1, -0.05) is 37.3 Å². The van der Waals surface area contributed by atoms with Crippen LogP contribution in [-0.4, -0.2) is 12.5 Å². The molecule has 1 aromatic carbocycles. The lowest BCUT2D eigenvalue weighted by atomic mass is 10.1. The normalized spacial score (nSPS) is 9.44. The molecule has 1 aromatic rings. The second kappa shape index (κ2) is 8.32. The van der Waals surface area contributed by atoms with Crippen molar-refractivity contribution in [1.82, 2.24) is 5.32 Å². The van der Waals surface area contributed by atoms with E-state index in [1.807, 2.05) is 24.3 Å². The van der Waals surface area contributed by atoms with Gasteiger partial charge in [0.1, 0.15) is 0 Å². The fraction of sp³-hybridized carbons (Fsp3) is 0.400. The largest absolute Gasteiger partial charge is 0.352 e. The number of carbonyl (C=O) groups is 1. The highest BCUT2D eigenvalue weighted by Gasteiger charge is 2.00. The Morgan fingerprint density at radius 3 is 2.67 bits per heavy atom. The smallest absolute Gasteiger partial charge is 0.220 e. The van der Waals surface area contributed by atoms with Crippen LogP contribution in [0.5, 0.6) is 0 Å². The summed E-state index contributed by atoms with van der Waals surface area (Å²) < 4.78 is 0. The highest BCUT2D eigenvalue weighted by atomic mass is 16.1. The predicted octanol–water partition coefficient (Wildman–Crippen LogP) is 1.80. The Bertz CT molecular complexity index is 426. The zero-order valence-corrected chi connectivity index (χ0v) is 10.8. The molecule has 18 heavy (non-hydrogen) atoms. The monoisotopic (exact) mass is 244 g/mol. The zero-order valence-electron chi connectivity index (χ0n) is 10.8. The average Bonchev–Trinajstić information content (AvgIpc) is 2.41. The standard InChI is InChI=1S/C15H20N2O/c1-2-3-6-15(18)17-12-14-9-7-13(8-10-14)5-4-11-16/h7-10H,2-3,6,11-12,16H2,1H3,(H,17,18). The number of benzene rings is 1. The molecular formula is C15H20N2O. The molecule has 0 heterocycles. The van der Waals surface area contributed by atoms with Gasteiger partial charge >= 0.3 is 0 Å². The number of nitrogens with two attached hydrogens (primary N) is 1. The Hall–Kier alpha value is -1.79. The molecule has 96 valence electrons. The minimum atomic E-state index is 0.115. The van der Waals surface area contributed by atoms with Crippen LogP contribution in [0.25, 0.3) is 0 Å². The quantitative estimate of drug-likeness (QED) is 0.776. The number of hydrogen-bond acceptors (Lipinski definition) is 2. The number of nitrogens with one attached hydrogen (secondary N) is 1. The van der Waals surface area contributed by atoms with E-state index in [2.05, 4.69) is 24.1 Å². The highest BCUT2D eigenvalue weighted by molar-refractivity contribution is 5.75. The van der Waals surface area contributed by atoms with E-state index in [-0.39, 0.29) is 5.91 Å². The number of rotatable bonds is 5. The highest BCUT2D eigenvalue weighted by Crippen LogP contribution is 2.03. The van der Waals surface area contributed by atoms with Crippen LogP contribution in [0.1, 0.15) is 37.3 Å². The molecule has 0 saturated heterocycles. The Labute approximate surface area is 109 Å². The van der Waals surface area contributed by atoms with Gasteiger partial charge in [-0.05, 0) is 24.1 Å². The van der Waals surface area contributed by atoms with Gasteiger partial charge in [0.2, 0.25) is 5.91 Å². The van der Waals surface area contributed by atoms with Crippen LogP contribution < -0.4 is 11.1 Å². The van der Waals surface area contributed by atoms with E-state index >= 15 is 0 Å². The van der Waals surface area contributed by atoms with Crippen molar-refractivity contribution >= 4 is 5.91 Å². The minimum absolute atomic E-state index is 0.115. The third-order valence-electron chi connectivity index (χ3n) is 2.54. The number of unbranched alkanes of at least 4 members (excludes halogenated alkanes) is 1. The summed E-state index contributed by atoms with van der Waals surface area (Å²) in [6, 6.07) is 7.83. The fourth-order valence-corrected chi connectivity index (χ4v) is 1.49. The maximum Gasteiger partial charge on any atom is 0.220 e. The first-order valence-electron chi connectivity index (χ1n) is 6.31. The lowest BCUT2D eigenvalue weighted by molar-refractivity contribution is -0.121. The average molecular weight is 244 g/mol. The molecule has 0 unspecified atom stereocenters. The van der Waals surface area contributed by atoms with E-state index in [1.165, 1.54) is 0 Å². The summed E-state index contributed by atoms with van der Waals surface area (Å²) in [5, 5.41) is 2.90. The van der Waals surface area contributed by atoms with Crippen LogP contribution in [0.15, 0.2) is 24.3 Å². The van der Waals surface area contributed by atoms with Crippen LogP contribution in [0.3, 0.4) is 0 Å². The van der Waals surface area contributed by atoms with Gasteiger partial charge < -0.3 is 11.1 Å². The van der Waals surface area contributed by atoms with Gasteiger partial charge in [0.15, 0.2) is 0 Å². The SMILES string of the molecule is CCCCC(=O)NCc1ccc(C#CCN)cc1. The van der Waals surface area contributed by atoms with Crippen LogP contribution in [0, 0.1) is 11.8 Å². The predicted molar refractivity (Wildman–Crippen MR) is 73.7 cm³/mol. The first kappa shape index (κ1) is 14.3. The van der Waals surface area contributed by atoms with Crippen LogP contribution >= 0.6 is 0 Å². The van der Waals surface area contributed by atoms with Gasteiger partial charge in [0, 0.05) is 18.5 Å². The van der Waals surface area contributed by atoms with Gasteiger partial charge in [-0.25, -0.2) is 0 Å². The van der Waals surface area contributed by atoms with Crippen molar-refractivity contribution in [3.8, 4) is 11.8 Å². The van der Waals surface area contributed by atoms with E-state index in [0.29, 0.717) is 19.5 Å². The van der Waals surface area contributed by atoms with Crippen molar-refractivity contribution < 1.29 is 4.79 Å². The molecule has 0 aliphatic rings. The second-order valence-corrected chi connectivity index (χ2v) is 4.08. The first-order valence-corrected chi connectivity index (χ1v) is 6.31. The Kier molecular flexibility index (Phi) is 6.60. The molecule has 0 atom stereocenters. The molecule has 0 radical (unpaired) electrons. The molecule has 1 amide bonds. The molecule has 0 bridgehead atoms.